The van der Waals surface area contributed by atoms with Gasteiger partial charge >= 0.3 is 0 Å². The van der Waals surface area contributed by atoms with Gasteiger partial charge in [0.25, 0.3) is 0 Å². The molecule has 0 fully saturated rings. The number of rotatable bonds is 35. The molecule has 0 bridgehead atoms. The van der Waals surface area contributed by atoms with Gasteiger partial charge in [-0.1, -0.05) is 23.2 Å². The number of thiazole rings is 2. The van der Waals surface area contributed by atoms with Crippen LogP contribution >= 0.6 is 45.9 Å². The summed E-state index contributed by atoms with van der Waals surface area (Å²) in [5.41, 5.74) is 28.9. The first-order valence-corrected chi connectivity index (χ1v) is 51.1. The van der Waals surface area contributed by atoms with Crippen molar-refractivity contribution in [1.29, 1.82) is 0 Å². The second-order valence-corrected chi connectivity index (χ2v) is 39.6. The summed E-state index contributed by atoms with van der Waals surface area (Å²) < 4.78 is 87.8. The molecule has 0 amide bonds. The second-order valence-electron chi connectivity index (χ2n) is 36.8. The van der Waals surface area contributed by atoms with Gasteiger partial charge in [-0.3, -0.25) is 36.0 Å². The van der Waals surface area contributed by atoms with Crippen LogP contribution in [0.3, 0.4) is 0 Å². The minimum atomic E-state index is -0.330. The van der Waals surface area contributed by atoms with Crippen LogP contribution in [0.1, 0.15) is 101 Å². The molecule has 149 heavy (non-hydrogen) atoms. The summed E-state index contributed by atoms with van der Waals surface area (Å²) in [6.07, 6.45) is 13.8. The van der Waals surface area contributed by atoms with E-state index in [2.05, 4.69) is 116 Å². The Morgan fingerprint density at radius 3 is 0.799 bits per heavy atom. The number of aryl methyl sites for hydroxylation is 8. The summed E-state index contributed by atoms with van der Waals surface area (Å²) in [6.45, 7) is 21.9. The maximum Gasteiger partial charge on any atom is 0.160 e. The molecular weight excluding hydrogens is 1970 g/mol. The molecule has 0 spiro atoms. The van der Waals surface area contributed by atoms with Crippen LogP contribution in [0.4, 0.5) is 13.2 Å². The van der Waals surface area contributed by atoms with Crippen molar-refractivity contribution in [1.82, 2.24) is 138 Å². The largest absolute Gasteiger partial charge is 0.493 e. The van der Waals surface area contributed by atoms with Crippen molar-refractivity contribution in [3.63, 3.8) is 0 Å². The Morgan fingerprint density at radius 2 is 0.557 bits per heavy atom. The molecule has 2 N–H and O–H groups in total. The molecule has 0 radical (unpaired) electrons. The Labute approximate surface area is 880 Å². The van der Waals surface area contributed by atoms with Crippen LogP contribution in [-0.4, -0.2) is 216 Å². The number of benzene rings is 5. The SMILES string of the molecule is CNCc1nnc2ccc(-c3ccc(F)cc3OCCc3c(C)nn(C)c3C)cn12.CNCc1nnc2ccc(-c3ccc(F)cc3OCCc3scnc3C)cn12.Cc1ncsc1CCOc1cc(Cl)ccc1-c1ccc2nnc(CN(C)C)n2c1.Cc1nn(C)c(C)c1CCOc1cc(Cl)ccc1-c1ccc2nnc(CN(C)C)n2c1.Cc1nn(C)c(C)c1CCOc1cc(F)ccc1-c1ccc2nnc(CN(C)C)n2c1. The maximum atomic E-state index is 14.0. The van der Waals surface area contributed by atoms with Gasteiger partial charge in [-0.05, 0) is 262 Å². The maximum absolute atomic E-state index is 14.0. The number of hydrogen-bond donors (Lipinski definition) is 2. The topological polar surface area (TPSA) is 310 Å². The molecule has 0 saturated carbocycles. The van der Waals surface area contributed by atoms with Gasteiger partial charge < -0.3 is 49.0 Å². The molecule has 15 heterocycles. The van der Waals surface area contributed by atoms with Crippen molar-refractivity contribution in [3.8, 4) is 84.4 Å². The van der Waals surface area contributed by atoms with Crippen LogP contribution in [0.2, 0.25) is 10.0 Å². The fourth-order valence-electron chi connectivity index (χ4n) is 17.5. The molecule has 0 saturated heterocycles. The average molecular weight is 2100 g/mol. The smallest absolute Gasteiger partial charge is 0.160 e. The van der Waals surface area contributed by atoms with Crippen LogP contribution in [0.5, 0.6) is 28.7 Å². The van der Waals surface area contributed by atoms with Gasteiger partial charge in [-0.2, -0.15) is 15.3 Å². The Bertz CT molecular complexity index is 7860. The lowest BCUT2D eigenvalue weighted by Gasteiger charge is -2.13. The Kier molecular flexibility index (Phi) is 35.1. The number of ether oxygens (including phenoxy) is 5. The summed E-state index contributed by atoms with van der Waals surface area (Å²) in [5.74, 6) is 6.32. The van der Waals surface area contributed by atoms with Crippen molar-refractivity contribution in [3.05, 3.63) is 322 Å². The molecule has 33 nitrogen and oxygen atoms in total. The predicted molar refractivity (Wildman–Crippen MR) is 577 cm³/mol. The van der Waals surface area contributed by atoms with Crippen LogP contribution in [0, 0.1) is 72.8 Å². The van der Waals surface area contributed by atoms with Crippen LogP contribution in [-0.2, 0) is 86.0 Å². The number of halogens is 5. The lowest BCUT2D eigenvalue weighted by Crippen LogP contribution is -2.13. The standard InChI is InChI=1S/C23H27ClN6O.C23H27FN6O.C22H25FN6O.C21H22ClN5OS.C20H20FN5OS/c2*1-15-19(16(2)29(5)27-15)10-11-31-21-12-18(24)7-8-20(21)17-6-9-22-25-26-23(14-28(3)4)30(22)13-17;1-14-18(15(2)28(4)27-14)9-10-30-20-11-17(23)6-7-19(20)16-5-8-21-25-26-22(12-24-3)29(21)13-16;1-14-19(29-13-23-14)8-9-28-18-10-16(22)5-6-17(18)15-4-7-20-24-25-21(12-26(2)3)27(20)11-15;1-13-18(28-12-23-13)7-8-27-17-9-15(21)4-5-16(17)14-3-6-19-24-25-20(10-22-2)26(19)11-14/h2*6-9,12-13H,10-11,14H2,1-5H3;5-8,11,13,24H,9-10,12H2,1-4H3;4-7,10-11,13H,8-9,12H2,1-3H3;3-6,9,11-12,22H,7-8,10H2,1-2H3. The van der Waals surface area contributed by atoms with Gasteiger partial charge in [0.15, 0.2) is 57.4 Å². The molecule has 774 valence electrons. The van der Waals surface area contributed by atoms with E-state index in [-0.39, 0.29) is 17.5 Å². The first-order chi connectivity index (χ1) is 71.8. The molecule has 5 aromatic carbocycles. The van der Waals surface area contributed by atoms with Crippen molar-refractivity contribution in [2.75, 3.05) is 89.4 Å². The zero-order valence-electron chi connectivity index (χ0n) is 87.0. The Hall–Kier alpha value is -14.7. The van der Waals surface area contributed by atoms with E-state index in [1.165, 1.54) is 63.0 Å². The molecule has 0 atom stereocenters. The van der Waals surface area contributed by atoms with E-state index in [1.807, 2.05) is 294 Å². The summed E-state index contributed by atoms with van der Waals surface area (Å²) in [4.78, 5) is 17.2. The highest BCUT2D eigenvalue weighted by Gasteiger charge is 2.23. The molecule has 0 unspecified atom stereocenters. The third kappa shape index (κ3) is 26.2. The third-order valence-electron chi connectivity index (χ3n) is 25.3. The van der Waals surface area contributed by atoms with E-state index >= 15 is 0 Å². The minimum absolute atomic E-state index is 0.325. The van der Waals surface area contributed by atoms with E-state index in [1.54, 1.807) is 40.9 Å². The number of fused-ring (bicyclic) bond motifs is 5. The van der Waals surface area contributed by atoms with E-state index < -0.39 is 0 Å². The highest BCUT2D eigenvalue weighted by Crippen LogP contribution is 2.40. The first kappa shape index (κ1) is 107. The minimum Gasteiger partial charge on any atom is -0.493 e. The Balaban J connectivity index is 0.000000133. The number of nitrogens with zero attached hydrogens (tertiary/aromatic N) is 26. The van der Waals surface area contributed by atoms with Crippen molar-refractivity contribution in [2.45, 2.75) is 120 Å². The Morgan fingerprint density at radius 1 is 0.309 bits per heavy atom. The number of nitrogens with one attached hydrogen (secondary N) is 2. The van der Waals surface area contributed by atoms with Gasteiger partial charge in [0.2, 0.25) is 0 Å². The van der Waals surface area contributed by atoms with Crippen LogP contribution in [0.25, 0.3) is 83.9 Å². The van der Waals surface area contributed by atoms with Gasteiger partial charge in [-0.25, -0.2) is 23.1 Å². The van der Waals surface area contributed by atoms with Gasteiger partial charge in [0.05, 0.1) is 105 Å². The third-order valence-corrected chi connectivity index (χ3v) is 27.8. The summed E-state index contributed by atoms with van der Waals surface area (Å²) >= 11 is 15.8. The molecular formula is C109H121Cl2F3N28O5S2. The molecule has 0 aliphatic rings. The molecule has 0 aliphatic heterocycles. The summed E-state index contributed by atoms with van der Waals surface area (Å²) in [7, 11) is 21.6. The van der Waals surface area contributed by atoms with Crippen LogP contribution in [0.15, 0.2) is 194 Å². The van der Waals surface area contributed by atoms with Crippen molar-refractivity contribution in [2.24, 2.45) is 21.1 Å². The fourth-order valence-corrected chi connectivity index (χ4v) is 19.3. The quantitative estimate of drug-likeness (QED) is 0.0373. The van der Waals surface area contributed by atoms with E-state index in [4.69, 9.17) is 46.9 Å². The second kappa shape index (κ2) is 48.9. The first-order valence-electron chi connectivity index (χ1n) is 48.6. The van der Waals surface area contributed by atoms with E-state index in [0.717, 1.165) is 189 Å². The lowest BCUT2D eigenvalue weighted by molar-refractivity contribution is 0.321. The molecule has 20 aromatic rings. The predicted octanol–water partition coefficient (Wildman–Crippen LogP) is 19.0. The van der Waals surface area contributed by atoms with E-state index in [0.29, 0.717) is 106 Å². The highest BCUT2D eigenvalue weighted by atomic mass is 35.5. The normalized spacial score (nSPS) is 11.5. The molecule has 20 rings (SSSR count). The van der Waals surface area contributed by atoms with Crippen molar-refractivity contribution < 1.29 is 36.9 Å². The fraction of sp³-hybridized carbons (Fsp3) is 0.312. The van der Waals surface area contributed by atoms with Crippen LogP contribution < -0.4 is 34.3 Å². The zero-order chi connectivity index (χ0) is 105. The van der Waals surface area contributed by atoms with Gasteiger partial charge in [0.1, 0.15) is 46.2 Å². The summed E-state index contributed by atoms with van der Waals surface area (Å²) in [5, 5.41) is 63.3. The molecule has 0 aliphatic carbocycles. The van der Waals surface area contributed by atoms with Gasteiger partial charge in [-0.15, -0.1) is 73.7 Å². The lowest BCUT2D eigenvalue weighted by atomic mass is 10.1. The average Bonchev–Trinajstić information content (AvgIpc) is 1.75. The number of aromatic nitrogens is 23. The monoisotopic (exact) mass is 2090 g/mol. The summed E-state index contributed by atoms with van der Waals surface area (Å²) in [6, 6.07) is 45.0. The highest BCUT2D eigenvalue weighted by molar-refractivity contribution is 7.10. The zero-order valence-corrected chi connectivity index (χ0v) is 90.1. The van der Waals surface area contributed by atoms with Gasteiger partial charge in [0, 0.05) is 195 Å². The molecule has 40 heteroatoms. The molecule has 15 aromatic heterocycles. The number of hydrogen-bond acceptors (Lipinski definition) is 27. The van der Waals surface area contributed by atoms with E-state index in [9.17, 15) is 13.2 Å². The van der Waals surface area contributed by atoms with Crippen molar-refractivity contribution >= 4 is 74.1 Å². The number of pyridine rings is 5.